The van der Waals surface area contributed by atoms with Gasteiger partial charge in [0.15, 0.2) is 11.5 Å². The highest BCUT2D eigenvalue weighted by Crippen LogP contribution is 2.52. The molecular weight excluding hydrogens is 426 g/mol. The van der Waals surface area contributed by atoms with Crippen molar-refractivity contribution in [2.24, 2.45) is 17.8 Å². The van der Waals surface area contributed by atoms with E-state index in [0.717, 1.165) is 56.0 Å². The van der Waals surface area contributed by atoms with Gasteiger partial charge in [0.2, 0.25) is 5.88 Å². The molecule has 2 fully saturated rings. The van der Waals surface area contributed by atoms with Gasteiger partial charge in [0.25, 0.3) is 0 Å². The number of fused-ring (bicyclic) bond motifs is 1. The second kappa shape index (κ2) is 7.13. The van der Waals surface area contributed by atoms with Crippen molar-refractivity contribution in [3.05, 3.63) is 47.3 Å². The van der Waals surface area contributed by atoms with Crippen LogP contribution in [0.5, 0.6) is 5.88 Å². The van der Waals surface area contributed by atoms with Crippen molar-refractivity contribution in [3.63, 3.8) is 0 Å². The molecule has 2 aliphatic heterocycles. The molecule has 0 amide bonds. The van der Waals surface area contributed by atoms with Crippen molar-refractivity contribution >= 4 is 11.2 Å². The minimum atomic E-state index is -4.62. The minimum absolute atomic E-state index is 0.268. The van der Waals surface area contributed by atoms with Crippen LogP contribution in [-0.2, 0) is 25.7 Å². The fourth-order valence-corrected chi connectivity index (χ4v) is 5.33. The second-order valence-corrected chi connectivity index (χ2v) is 8.93. The third-order valence-electron chi connectivity index (χ3n) is 6.99. The number of halogens is 4. The predicted molar refractivity (Wildman–Crippen MR) is 106 cm³/mol. The molecular formula is C22H21F4N5O. The molecule has 6 nitrogen and oxygen atoms in total. The van der Waals surface area contributed by atoms with Crippen LogP contribution in [0.3, 0.4) is 0 Å². The SMILES string of the molecule is Fc1cc(C(F)(F)F)cnc1OC[C@@H]1[C@H]2CN(Cc3nc4nccc5c4n3CCC5)C[C@@H]12. The average Bonchev–Trinajstić information content (AvgIpc) is 3.06. The van der Waals surface area contributed by atoms with E-state index in [0.29, 0.717) is 24.1 Å². The van der Waals surface area contributed by atoms with E-state index in [1.54, 1.807) is 0 Å². The molecule has 5 heterocycles. The van der Waals surface area contributed by atoms with Crippen molar-refractivity contribution in [2.45, 2.75) is 32.1 Å². The Labute approximate surface area is 181 Å². The van der Waals surface area contributed by atoms with E-state index in [1.807, 2.05) is 6.20 Å². The summed E-state index contributed by atoms with van der Waals surface area (Å²) >= 11 is 0. The summed E-state index contributed by atoms with van der Waals surface area (Å²) in [5, 5.41) is 0. The first-order chi connectivity index (χ1) is 15.4. The monoisotopic (exact) mass is 447 g/mol. The summed E-state index contributed by atoms with van der Waals surface area (Å²) in [5.74, 6) is 0.774. The average molecular weight is 447 g/mol. The van der Waals surface area contributed by atoms with E-state index in [2.05, 4.69) is 25.5 Å². The summed E-state index contributed by atoms with van der Waals surface area (Å²) in [4.78, 5) is 15.1. The number of nitrogens with zero attached hydrogens (tertiary/aromatic N) is 5. The Morgan fingerprint density at radius 1 is 1.16 bits per heavy atom. The van der Waals surface area contributed by atoms with Crippen molar-refractivity contribution in [2.75, 3.05) is 19.7 Å². The number of alkyl halides is 3. The zero-order valence-corrected chi connectivity index (χ0v) is 17.1. The molecule has 168 valence electrons. The highest BCUT2D eigenvalue weighted by atomic mass is 19.4. The lowest BCUT2D eigenvalue weighted by Crippen LogP contribution is -2.27. The molecule has 1 saturated heterocycles. The first-order valence-electron chi connectivity index (χ1n) is 10.8. The molecule has 0 bridgehead atoms. The van der Waals surface area contributed by atoms with Gasteiger partial charge in [0.05, 0.1) is 24.2 Å². The molecule has 0 N–H and O–H groups in total. The lowest BCUT2D eigenvalue weighted by atomic mass is 10.1. The molecule has 3 aliphatic rings. The Bertz CT molecular complexity index is 1180. The van der Waals surface area contributed by atoms with E-state index >= 15 is 0 Å². The molecule has 1 saturated carbocycles. The van der Waals surface area contributed by atoms with E-state index in [-0.39, 0.29) is 18.4 Å². The molecule has 3 atom stereocenters. The standard InChI is InChI=1S/C22H21F4N5O/c23-17-6-13(22(24,25)26)7-28-21(17)32-11-16-14-8-30(9-15(14)16)10-18-29-20-19-12(3-4-27-20)2-1-5-31(18)19/h3-4,6-7,14-16H,1-2,5,8-11H2/t14-,15+,16+. The summed E-state index contributed by atoms with van der Waals surface area (Å²) < 4.78 is 59.6. The second-order valence-electron chi connectivity index (χ2n) is 8.93. The lowest BCUT2D eigenvalue weighted by Gasteiger charge is -2.21. The maximum atomic E-state index is 13.9. The minimum Gasteiger partial charge on any atom is -0.475 e. The van der Waals surface area contributed by atoms with Gasteiger partial charge in [-0.2, -0.15) is 13.2 Å². The van der Waals surface area contributed by atoms with Gasteiger partial charge in [-0.3, -0.25) is 4.90 Å². The van der Waals surface area contributed by atoms with Crippen LogP contribution in [0.25, 0.3) is 11.2 Å². The maximum Gasteiger partial charge on any atom is 0.417 e. The molecule has 1 aliphatic carbocycles. The molecule has 10 heteroatoms. The van der Waals surface area contributed by atoms with E-state index in [4.69, 9.17) is 9.72 Å². The Hall–Kier alpha value is -2.75. The largest absolute Gasteiger partial charge is 0.475 e. The van der Waals surface area contributed by atoms with Crippen molar-refractivity contribution in [3.8, 4) is 5.88 Å². The Morgan fingerprint density at radius 2 is 1.97 bits per heavy atom. The first kappa shape index (κ1) is 19.9. The topological polar surface area (TPSA) is 56.1 Å². The number of rotatable bonds is 5. The van der Waals surface area contributed by atoms with Gasteiger partial charge >= 0.3 is 6.18 Å². The molecule has 3 aromatic heterocycles. The van der Waals surface area contributed by atoms with Crippen LogP contribution in [-0.4, -0.2) is 44.1 Å². The summed E-state index contributed by atoms with van der Waals surface area (Å²) in [6.07, 6.45) is -0.0217. The number of likely N-dealkylation sites (tertiary alicyclic amines) is 1. The molecule has 32 heavy (non-hydrogen) atoms. The third kappa shape index (κ3) is 3.32. The van der Waals surface area contributed by atoms with Gasteiger partial charge in [-0.1, -0.05) is 0 Å². The first-order valence-corrected chi connectivity index (χ1v) is 10.8. The fourth-order valence-electron chi connectivity index (χ4n) is 5.33. The van der Waals surface area contributed by atoms with Crippen LogP contribution in [0, 0.1) is 23.6 Å². The lowest BCUT2D eigenvalue weighted by molar-refractivity contribution is -0.138. The summed E-state index contributed by atoms with van der Waals surface area (Å²) in [7, 11) is 0. The maximum absolute atomic E-state index is 13.9. The number of hydrogen-bond donors (Lipinski definition) is 0. The van der Waals surface area contributed by atoms with Gasteiger partial charge in [-0.25, -0.2) is 19.3 Å². The number of ether oxygens (including phenoxy) is 1. The molecule has 0 radical (unpaired) electrons. The van der Waals surface area contributed by atoms with E-state index in [1.165, 1.54) is 5.56 Å². The van der Waals surface area contributed by atoms with Gasteiger partial charge in [-0.05, 0) is 42.4 Å². The van der Waals surface area contributed by atoms with Crippen LogP contribution in [0.1, 0.15) is 23.4 Å². The number of aromatic nitrogens is 4. The van der Waals surface area contributed by atoms with Gasteiger partial charge in [0.1, 0.15) is 5.82 Å². The van der Waals surface area contributed by atoms with Gasteiger partial charge in [-0.15, -0.1) is 0 Å². The van der Waals surface area contributed by atoms with Crippen LogP contribution in [0.2, 0.25) is 0 Å². The van der Waals surface area contributed by atoms with Crippen molar-refractivity contribution < 1.29 is 22.3 Å². The zero-order valence-electron chi connectivity index (χ0n) is 17.1. The van der Waals surface area contributed by atoms with Crippen molar-refractivity contribution in [1.82, 2.24) is 24.4 Å². The summed E-state index contributed by atoms with van der Waals surface area (Å²) in [6.45, 7) is 3.82. The third-order valence-corrected chi connectivity index (χ3v) is 6.99. The number of aryl methyl sites for hydroxylation is 2. The van der Waals surface area contributed by atoms with Crippen LogP contribution in [0.4, 0.5) is 17.6 Å². The predicted octanol–water partition coefficient (Wildman–Crippen LogP) is 3.69. The number of pyridine rings is 2. The number of piperidine rings is 1. The number of hydrogen-bond acceptors (Lipinski definition) is 5. The normalized spacial score (nSPS) is 24.7. The van der Waals surface area contributed by atoms with Crippen LogP contribution >= 0.6 is 0 Å². The van der Waals surface area contributed by atoms with E-state index in [9.17, 15) is 17.6 Å². The molecule has 0 spiro atoms. The zero-order chi connectivity index (χ0) is 22.0. The number of imidazole rings is 1. The quantitative estimate of drug-likeness (QED) is 0.559. The molecule has 3 aromatic rings. The molecule has 0 aromatic carbocycles. The summed E-state index contributed by atoms with van der Waals surface area (Å²) in [6, 6.07) is 2.51. The van der Waals surface area contributed by atoms with Crippen LogP contribution in [0.15, 0.2) is 24.5 Å². The molecule has 6 rings (SSSR count). The Balaban J connectivity index is 1.06. The smallest absolute Gasteiger partial charge is 0.417 e. The Kier molecular flexibility index (Phi) is 4.43. The van der Waals surface area contributed by atoms with Crippen molar-refractivity contribution in [1.29, 1.82) is 0 Å². The highest BCUT2D eigenvalue weighted by Gasteiger charge is 2.56. The molecule has 0 unspecified atom stereocenters. The fraction of sp³-hybridized carbons (Fsp3) is 0.500. The Morgan fingerprint density at radius 3 is 2.72 bits per heavy atom. The summed E-state index contributed by atoms with van der Waals surface area (Å²) in [5.41, 5.74) is 2.18. The van der Waals surface area contributed by atoms with Crippen LogP contribution < -0.4 is 4.74 Å². The van der Waals surface area contributed by atoms with Gasteiger partial charge in [0, 0.05) is 37.9 Å². The van der Waals surface area contributed by atoms with Gasteiger partial charge < -0.3 is 9.30 Å². The highest BCUT2D eigenvalue weighted by molar-refractivity contribution is 5.76. The van der Waals surface area contributed by atoms with E-state index < -0.39 is 17.6 Å².